The number of nitrogens with one attached hydrogen (secondary N) is 2. The third-order valence-corrected chi connectivity index (χ3v) is 1.89. The molecule has 6 nitrogen and oxygen atoms in total. The largest absolute Gasteiger partial charge is 0.381 e. The number of aromatic nitrogens is 3. The van der Waals surface area contributed by atoms with Gasteiger partial charge in [0, 0.05) is 19.8 Å². The summed E-state index contributed by atoms with van der Waals surface area (Å²) in [4.78, 5) is 3.92. The van der Waals surface area contributed by atoms with E-state index in [-0.39, 0.29) is 0 Å². The van der Waals surface area contributed by atoms with Crippen LogP contribution in [0.25, 0.3) is 0 Å². The Morgan fingerprint density at radius 1 is 1.40 bits per heavy atom. The van der Waals surface area contributed by atoms with Crippen LogP contribution >= 0.6 is 0 Å². The van der Waals surface area contributed by atoms with Crippen molar-refractivity contribution >= 4 is 11.9 Å². The molecule has 0 aliphatic carbocycles. The van der Waals surface area contributed by atoms with Crippen molar-refractivity contribution in [2.24, 2.45) is 0 Å². The fourth-order valence-corrected chi connectivity index (χ4v) is 1.08. The van der Waals surface area contributed by atoms with Crippen molar-refractivity contribution in [3.8, 4) is 0 Å². The summed E-state index contributed by atoms with van der Waals surface area (Å²) >= 11 is 0. The maximum absolute atomic E-state index is 5.40. The van der Waals surface area contributed by atoms with Gasteiger partial charge in [-0.2, -0.15) is 4.98 Å². The number of nitrogens with zero attached hydrogens (tertiary/aromatic N) is 2. The summed E-state index contributed by atoms with van der Waals surface area (Å²) in [5.74, 6) is 0.873. The molecular weight excluding hydrogens is 194 g/mol. The number of nitrogen functional groups attached to an aromatic ring is 1. The summed E-state index contributed by atoms with van der Waals surface area (Å²) in [7, 11) is 0. The molecule has 0 saturated carbocycles. The summed E-state index contributed by atoms with van der Waals surface area (Å²) in [6.07, 6.45) is 3.25. The lowest BCUT2D eigenvalue weighted by Gasteiger charge is -2.03. The van der Waals surface area contributed by atoms with Gasteiger partial charge in [0.25, 0.3) is 0 Å². The van der Waals surface area contributed by atoms with Crippen LogP contribution in [0.5, 0.6) is 0 Å². The van der Waals surface area contributed by atoms with Gasteiger partial charge in [0.2, 0.25) is 11.9 Å². The Morgan fingerprint density at radius 2 is 2.20 bits per heavy atom. The van der Waals surface area contributed by atoms with E-state index in [1.165, 1.54) is 6.42 Å². The molecular formula is C9H19N5O. The Morgan fingerprint density at radius 3 is 2.87 bits per heavy atom. The Bertz CT molecular complexity index is 263. The van der Waals surface area contributed by atoms with Crippen LogP contribution in [0.4, 0.5) is 11.9 Å². The molecule has 0 saturated heterocycles. The average molecular weight is 213 g/mol. The fraction of sp³-hybridized carbons (Fsp3) is 0.778. The lowest BCUT2D eigenvalue weighted by atomic mass is 10.4. The number of hydrogen-bond donors (Lipinski definition) is 3. The highest BCUT2D eigenvalue weighted by Crippen LogP contribution is 1.98. The number of hydrogen-bond acceptors (Lipinski definition) is 5. The molecule has 0 atom stereocenters. The van der Waals surface area contributed by atoms with E-state index in [9.17, 15) is 0 Å². The van der Waals surface area contributed by atoms with E-state index >= 15 is 0 Å². The Balaban J connectivity index is 1.93. The molecule has 15 heavy (non-hydrogen) atoms. The average Bonchev–Trinajstić information content (AvgIpc) is 2.63. The number of H-pyrrole nitrogens is 1. The van der Waals surface area contributed by atoms with Gasteiger partial charge < -0.3 is 15.8 Å². The van der Waals surface area contributed by atoms with Crippen molar-refractivity contribution in [2.75, 3.05) is 30.8 Å². The fourth-order valence-electron chi connectivity index (χ4n) is 1.08. The SMILES string of the molecule is CCCCOCCCNc1n[nH]c(N)n1. The standard InChI is InChI=1S/C9H19N5O/c1-2-3-6-15-7-4-5-11-9-12-8(10)13-14-9/h2-7H2,1H3,(H4,10,11,12,13,14). The maximum atomic E-state index is 5.40. The second-order valence-electron chi connectivity index (χ2n) is 3.29. The molecule has 0 fully saturated rings. The Hall–Kier alpha value is -1.30. The minimum absolute atomic E-state index is 0.330. The van der Waals surface area contributed by atoms with Crippen LogP contribution < -0.4 is 11.1 Å². The first-order chi connectivity index (χ1) is 7.33. The number of unbranched alkanes of at least 4 members (excludes halogenated alkanes) is 1. The van der Waals surface area contributed by atoms with Crippen molar-refractivity contribution in [2.45, 2.75) is 26.2 Å². The first kappa shape index (κ1) is 11.8. The first-order valence-electron chi connectivity index (χ1n) is 5.32. The van der Waals surface area contributed by atoms with Crippen molar-refractivity contribution in [1.29, 1.82) is 0 Å². The predicted octanol–water partition coefficient (Wildman–Crippen LogP) is 1.01. The van der Waals surface area contributed by atoms with Crippen LogP contribution in [0, 0.1) is 0 Å². The lowest BCUT2D eigenvalue weighted by Crippen LogP contribution is -2.07. The molecule has 0 radical (unpaired) electrons. The molecule has 0 bridgehead atoms. The van der Waals surface area contributed by atoms with Crippen LogP contribution in [0.3, 0.4) is 0 Å². The van der Waals surface area contributed by atoms with E-state index in [1.54, 1.807) is 0 Å². The highest BCUT2D eigenvalue weighted by atomic mass is 16.5. The smallest absolute Gasteiger partial charge is 0.243 e. The second kappa shape index (κ2) is 7.05. The lowest BCUT2D eigenvalue weighted by molar-refractivity contribution is 0.131. The number of nitrogens with two attached hydrogens (primary N) is 1. The molecule has 1 heterocycles. The van der Waals surface area contributed by atoms with Crippen LogP contribution in [0.15, 0.2) is 0 Å². The van der Waals surface area contributed by atoms with Crippen molar-refractivity contribution in [3.05, 3.63) is 0 Å². The first-order valence-corrected chi connectivity index (χ1v) is 5.32. The highest BCUT2D eigenvalue weighted by molar-refractivity contribution is 5.29. The minimum Gasteiger partial charge on any atom is -0.381 e. The molecule has 6 heteroatoms. The van der Waals surface area contributed by atoms with Gasteiger partial charge in [0.15, 0.2) is 0 Å². The number of anilines is 2. The Kier molecular flexibility index (Phi) is 5.54. The van der Waals surface area contributed by atoms with E-state index in [0.717, 1.165) is 32.6 Å². The van der Waals surface area contributed by atoms with Gasteiger partial charge in [-0.15, -0.1) is 5.10 Å². The van der Waals surface area contributed by atoms with Crippen LogP contribution in [-0.4, -0.2) is 34.9 Å². The topological polar surface area (TPSA) is 88.8 Å². The molecule has 0 spiro atoms. The van der Waals surface area contributed by atoms with Crippen LogP contribution in [-0.2, 0) is 4.74 Å². The van der Waals surface area contributed by atoms with Gasteiger partial charge in [-0.3, -0.25) is 0 Å². The molecule has 0 amide bonds. The van der Waals surface area contributed by atoms with Gasteiger partial charge >= 0.3 is 0 Å². The normalized spacial score (nSPS) is 10.5. The molecule has 0 aliphatic rings. The van der Waals surface area contributed by atoms with E-state index in [2.05, 4.69) is 27.4 Å². The summed E-state index contributed by atoms with van der Waals surface area (Å²) in [6, 6.07) is 0. The van der Waals surface area contributed by atoms with Crippen molar-refractivity contribution < 1.29 is 4.74 Å². The minimum atomic E-state index is 0.330. The number of rotatable bonds is 8. The van der Waals surface area contributed by atoms with E-state index in [4.69, 9.17) is 10.5 Å². The van der Waals surface area contributed by atoms with Gasteiger partial charge in [0.1, 0.15) is 0 Å². The van der Waals surface area contributed by atoms with Gasteiger partial charge in [-0.25, -0.2) is 5.10 Å². The van der Waals surface area contributed by atoms with Gasteiger partial charge in [-0.1, -0.05) is 13.3 Å². The number of ether oxygens (including phenoxy) is 1. The zero-order valence-electron chi connectivity index (χ0n) is 9.12. The van der Waals surface area contributed by atoms with E-state index in [0.29, 0.717) is 11.9 Å². The summed E-state index contributed by atoms with van der Waals surface area (Å²) in [5, 5.41) is 9.45. The predicted molar refractivity (Wildman–Crippen MR) is 59.6 cm³/mol. The van der Waals surface area contributed by atoms with Gasteiger partial charge in [-0.05, 0) is 12.8 Å². The summed E-state index contributed by atoms with van der Waals surface area (Å²) in [5.41, 5.74) is 5.37. The quantitative estimate of drug-likeness (QED) is 0.561. The van der Waals surface area contributed by atoms with Crippen molar-refractivity contribution in [1.82, 2.24) is 15.2 Å². The molecule has 1 rings (SSSR count). The van der Waals surface area contributed by atoms with Crippen molar-refractivity contribution in [3.63, 3.8) is 0 Å². The monoisotopic (exact) mass is 213 g/mol. The molecule has 0 aromatic carbocycles. The number of aromatic amines is 1. The zero-order chi connectivity index (χ0) is 10.9. The third-order valence-electron chi connectivity index (χ3n) is 1.89. The second-order valence-corrected chi connectivity index (χ2v) is 3.29. The Labute approximate surface area is 89.6 Å². The molecule has 0 aliphatic heterocycles. The van der Waals surface area contributed by atoms with Gasteiger partial charge in [0.05, 0.1) is 0 Å². The molecule has 0 unspecified atom stereocenters. The van der Waals surface area contributed by atoms with Crippen LogP contribution in [0.2, 0.25) is 0 Å². The summed E-state index contributed by atoms with van der Waals surface area (Å²) in [6.45, 7) is 4.57. The maximum Gasteiger partial charge on any atom is 0.243 e. The summed E-state index contributed by atoms with van der Waals surface area (Å²) < 4.78 is 5.40. The molecule has 1 aromatic heterocycles. The van der Waals surface area contributed by atoms with E-state index < -0.39 is 0 Å². The highest BCUT2D eigenvalue weighted by Gasteiger charge is 1.97. The zero-order valence-corrected chi connectivity index (χ0v) is 9.12. The van der Waals surface area contributed by atoms with Crippen LogP contribution in [0.1, 0.15) is 26.2 Å². The van der Waals surface area contributed by atoms with E-state index in [1.807, 2.05) is 0 Å². The third kappa shape index (κ3) is 5.21. The molecule has 86 valence electrons. The molecule has 1 aromatic rings. The molecule has 4 N–H and O–H groups in total.